The van der Waals surface area contributed by atoms with Crippen LogP contribution in [-0.2, 0) is 24.2 Å². The second-order valence-corrected chi connectivity index (χ2v) is 8.26. The topological polar surface area (TPSA) is 63.9 Å². The molecule has 6 nitrogen and oxygen atoms in total. The minimum atomic E-state index is 0.0332. The van der Waals surface area contributed by atoms with E-state index in [4.69, 9.17) is 0 Å². The summed E-state index contributed by atoms with van der Waals surface area (Å²) in [5, 5.41) is 12.6. The van der Waals surface area contributed by atoms with Gasteiger partial charge in [-0.2, -0.15) is 0 Å². The van der Waals surface area contributed by atoms with E-state index < -0.39 is 0 Å². The maximum absolute atomic E-state index is 13.3. The Hall–Kier alpha value is -2.67. The van der Waals surface area contributed by atoms with E-state index in [0.29, 0.717) is 11.1 Å². The molecule has 0 radical (unpaired) electrons. The number of amides is 1. The first-order valence-electron chi connectivity index (χ1n) is 9.51. The number of hydrogen-bond acceptors (Lipinski definition) is 5. The summed E-state index contributed by atoms with van der Waals surface area (Å²) in [5.74, 6) is 0.745. The molecule has 0 atom stereocenters. The molecule has 2 heterocycles. The van der Waals surface area contributed by atoms with Crippen LogP contribution in [0.15, 0.2) is 53.7 Å². The molecule has 0 aliphatic carbocycles. The van der Waals surface area contributed by atoms with Gasteiger partial charge < -0.3 is 0 Å². The van der Waals surface area contributed by atoms with Crippen LogP contribution in [0.4, 0.5) is 11.4 Å². The molecule has 28 heavy (non-hydrogen) atoms. The van der Waals surface area contributed by atoms with E-state index in [0.717, 1.165) is 30.8 Å². The van der Waals surface area contributed by atoms with Crippen molar-refractivity contribution in [2.24, 2.45) is 5.92 Å². The average molecular weight is 394 g/mol. The Bertz CT molecular complexity index is 937. The zero-order valence-electron chi connectivity index (χ0n) is 16.1. The maximum Gasteiger partial charge on any atom is 0.242 e. The van der Waals surface area contributed by atoms with Crippen LogP contribution in [0, 0.1) is 5.92 Å². The average Bonchev–Trinajstić information content (AvgIpc) is 3.05. The Kier molecular flexibility index (Phi) is 5.43. The smallest absolute Gasteiger partial charge is 0.242 e. The first kappa shape index (κ1) is 18.7. The van der Waals surface area contributed by atoms with Crippen molar-refractivity contribution >= 4 is 29.0 Å². The zero-order chi connectivity index (χ0) is 19.5. The number of tetrazole rings is 1. The van der Waals surface area contributed by atoms with Crippen LogP contribution in [-0.4, -0.2) is 31.9 Å². The normalized spacial score (nSPS) is 13.2. The second kappa shape index (κ2) is 8.14. The number of hydrogen-bond donors (Lipinski definition) is 0. The number of anilines is 2. The van der Waals surface area contributed by atoms with Gasteiger partial charge in [0.2, 0.25) is 11.1 Å². The number of para-hydroxylation sites is 2. The molecule has 1 aliphatic rings. The fourth-order valence-electron chi connectivity index (χ4n) is 3.50. The van der Waals surface area contributed by atoms with Gasteiger partial charge in [-0.25, -0.2) is 4.68 Å². The van der Waals surface area contributed by atoms with Gasteiger partial charge in [0.05, 0.1) is 17.1 Å². The summed E-state index contributed by atoms with van der Waals surface area (Å²) in [7, 11) is 0. The number of benzene rings is 2. The van der Waals surface area contributed by atoms with Crippen molar-refractivity contribution in [1.29, 1.82) is 0 Å². The molecule has 1 aliphatic heterocycles. The lowest BCUT2D eigenvalue weighted by molar-refractivity contribution is -0.115. The molecule has 144 valence electrons. The quantitative estimate of drug-likeness (QED) is 0.616. The van der Waals surface area contributed by atoms with Crippen molar-refractivity contribution < 1.29 is 4.79 Å². The third-order valence-electron chi connectivity index (χ3n) is 4.74. The summed E-state index contributed by atoms with van der Waals surface area (Å²) in [4.78, 5) is 15.2. The van der Waals surface area contributed by atoms with Gasteiger partial charge in [0, 0.05) is 6.54 Å². The van der Waals surface area contributed by atoms with Crippen molar-refractivity contribution in [2.45, 2.75) is 38.4 Å². The molecular weight excluding hydrogens is 370 g/mol. The third kappa shape index (κ3) is 3.80. The summed E-state index contributed by atoms with van der Waals surface area (Å²) >= 11 is 1.39. The third-order valence-corrected chi connectivity index (χ3v) is 5.68. The molecule has 4 rings (SSSR count). The van der Waals surface area contributed by atoms with Gasteiger partial charge >= 0.3 is 0 Å². The van der Waals surface area contributed by atoms with Crippen LogP contribution in [0.25, 0.3) is 0 Å². The molecule has 0 unspecified atom stereocenters. The van der Waals surface area contributed by atoms with E-state index in [-0.39, 0.29) is 11.7 Å². The fourth-order valence-corrected chi connectivity index (χ4v) is 4.24. The molecule has 0 fully saturated rings. The Morgan fingerprint density at radius 2 is 1.64 bits per heavy atom. The summed E-state index contributed by atoms with van der Waals surface area (Å²) in [6.45, 7) is 4.97. The van der Waals surface area contributed by atoms with Gasteiger partial charge in [0.15, 0.2) is 0 Å². The standard InChI is InChI=1S/C21H23N5OS/c1-15(2)13-25-21(22-23-24-25)28-14-20(27)26-18-9-5-3-7-16(18)11-12-17-8-4-6-10-19(17)26/h3-10,15H,11-14H2,1-2H3. The molecular formula is C21H23N5OS. The molecule has 0 saturated heterocycles. The van der Waals surface area contributed by atoms with Crippen molar-refractivity contribution in [3.8, 4) is 0 Å². The lowest BCUT2D eigenvalue weighted by Crippen LogP contribution is -2.28. The van der Waals surface area contributed by atoms with Crippen molar-refractivity contribution in [3.05, 3.63) is 59.7 Å². The zero-order valence-corrected chi connectivity index (χ0v) is 16.9. The SMILES string of the molecule is CC(C)Cn1nnnc1SCC(=O)N1c2ccccc2CCc2ccccc21. The van der Waals surface area contributed by atoms with Gasteiger partial charge in [-0.3, -0.25) is 9.69 Å². The maximum atomic E-state index is 13.3. The Labute approximate surface area is 168 Å². The number of nitrogens with zero attached hydrogens (tertiary/aromatic N) is 5. The molecule has 7 heteroatoms. The van der Waals surface area contributed by atoms with Crippen LogP contribution in [0.5, 0.6) is 0 Å². The number of aryl methyl sites for hydroxylation is 2. The minimum Gasteiger partial charge on any atom is -0.280 e. The molecule has 0 bridgehead atoms. The molecule has 1 aromatic heterocycles. The fraction of sp³-hybridized carbons (Fsp3) is 0.333. The molecule has 2 aromatic carbocycles. The van der Waals surface area contributed by atoms with Gasteiger partial charge in [0.1, 0.15) is 0 Å². The predicted octanol–water partition coefficient (Wildman–Crippen LogP) is 3.88. The van der Waals surface area contributed by atoms with Crippen LogP contribution in [0.2, 0.25) is 0 Å². The van der Waals surface area contributed by atoms with Crippen molar-refractivity contribution in [2.75, 3.05) is 10.7 Å². The van der Waals surface area contributed by atoms with Gasteiger partial charge in [-0.1, -0.05) is 62.0 Å². The van der Waals surface area contributed by atoms with Crippen molar-refractivity contribution in [3.63, 3.8) is 0 Å². The number of fused-ring (bicyclic) bond motifs is 2. The minimum absolute atomic E-state index is 0.0332. The Morgan fingerprint density at radius 1 is 1.04 bits per heavy atom. The Morgan fingerprint density at radius 3 is 2.25 bits per heavy atom. The van der Waals surface area contributed by atoms with Crippen LogP contribution < -0.4 is 4.90 Å². The predicted molar refractivity (Wildman–Crippen MR) is 111 cm³/mol. The lowest BCUT2D eigenvalue weighted by Gasteiger charge is -2.24. The highest BCUT2D eigenvalue weighted by molar-refractivity contribution is 7.99. The summed E-state index contributed by atoms with van der Waals surface area (Å²) in [5.41, 5.74) is 4.34. The van der Waals surface area contributed by atoms with E-state index in [1.807, 2.05) is 41.3 Å². The van der Waals surface area contributed by atoms with Gasteiger partial charge in [-0.15, -0.1) is 5.10 Å². The van der Waals surface area contributed by atoms with E-state index in [9.17, 15) is 4.79 Å². The monoisotopic (exact) mass is 393 g/mol. The number of rotatable bonds is 5. The van der Waals surface area contributed by atoms with Crippen LogP contribution in [0.1, 0.15) is 25.0 Å². The van der Waals surface area contributed by atoms with Crippen LogP contribution in [0.3, 0.4) is 0 Å². The van der Waals surface area contributed by atoms with E-state index >= 15 is 0 Å². The second-order valence-electron chi connectivity index (χ2n) is 7.31. The largest absolute Gasteiger partial charge is 0.280 e. The molecule has 0 spiro atoms. The number of carbonyl (C=O) groups excluding carboxylic acids is 1. The molecule has 3 aromatic rings. The number of aromatic nitrogens is 4. The molecule has 1 amide bonds. The number of thioether (sulfide) groups is 1. The van der Waals surface area contributed by atoms with E-state index in [1.54, 1.807) is 4.68 Å². The summed E-state index contributed by atoms with van der Waals surface area (Å²) in [6.07, 6.45) is 1.85. The first-order chi connectivity index (χ1) is 13.6. The highest BCUT2D eigenvalue weighted by atomic mass is 32.2. The molecule has 0 N–H and O–H groups in total. The lowest BCUT2D eigenvalue weighted by atomic mass is 10.0. The van der Waals surface area contributed by atoms with Gasteiger partial charge in [-0.05, 0) is 52.4 Å². The van der Waals surface area contributed by atoms with E-state index in [2.05, 4.69) is 41.5 Å². The Balaban J connectivity index is 1.61. The first-order valence-corrected chi connectivity index (χ1v) is 10.5. The number of carbonyl (C=O) groups is 1. The van der Waals surface area contributed by atoms with E-state index in [1.165, 1.54) is 22.9 Å². The molecule has 0 saturated carbocycles. The highest BCUT2D eigenvalue weighted by Crippen LogP contribution is 2.36. The van der Waals surface area contributed by atoms with Crippen molar-refractivity contribution in [1.82, 2.24) is 20.2 Å². The summed E-state index contributed by atoms with van der Waals surface area (Å²) < 4.78 is 1.77. The highest BCUT2D eigenvalue weighted by Gasteiger charge is 2.26. The van der Waals surface area contributed by atoms with Crippen LogP contribution >= 0.6 is 11.8 Å². The summed E-state index contributed by atoms with van der Waals surface area (Å²) in [6, 6.07) is 16.3. The van der Waals surface area contributed by atoms with Gasteiger partial charge in [0.25, 0.3) is 0 Å².